The van der Waals surface area contributed by atoms with E-state index in [9.17, 15) is 8.78 Å². The van der Waals surface area contributed by atoms with E-state index in [4.69, 9.17) is 5.73 Å². The molecule has 0 spiro atoms. The Morgan fingerprint density at radius 2 is 1.80 bits per heavy atom. The molecule has 3 rings (SSSR count). The second kappa shape index (κ2) is 5.12. The molecule has 104 valence electrons. The van der Waals surface area contributed by atoms with Crippen LogP contribution in [0.1, 0.15) is 24.4 Å². The smallest absolute Gasteiger partial charge is 0.184 e. The molecule has 4 heteroatoms. The van der Waals surface area contributed by atoms with Crippen molar-refractivity contribution in [2.24, 2.45) is 0 Å². The largest absolute Gasteiger partial charge is 0.397 e. The lowest BCUT2D eigenvalue weighted by molar-refractivity contribution is 0.505. The van der Waals surface area contributed by atoms with Crippen LogP contribution in [0.25, 0.3) is 0 Å². The van der Waals surface area contributed by atoms with Crippen LogP contribution in [0.2, 0.25) is 0 Å². The number of rotatable bonds is 2. The average molecular weight is 274 g/mol. The molecule has 1 aliphatic heterocycles. The molecule has 0 aliphatic carbocycles. The summed E-state index contributed by atoms with van der Waals surface area (Å²) in [6, 6.07) is 12.4. The number of hydrogen-bond acceptors (Lipinski definition) is 2. The van der Waals surface area contributed by atoms with Gasteiger partial charge in [-0.25, -0.2) is 8.78 Å². The molecule has 1 fully saturated rings. The summed E-state index contributed by atoms with van der Waals surface area (Å²) in [4.78, 5) is 1.88. The van der Waals surface area contributed by atoms with Crippen LogP contribution in [0.3, 0.4) is 0 Å². The highest BCUT2D eigenvalue weighted by atomic mass is 19.2. The third-order valence-corrected chi connectivity index (χ3v) is 3.82. The predicted molar refractivity (Wildman–Crippen MR) is 76.5 cm³/mol. The zero-order valence-corrected chi connectivity index (χ0v) is 11.0. The first-order valence-electron chi connectivity index (χ1n) is 6.73. The fraction of sp³-hybridized carbons (Fsp3) is 0.250. The van der Waals surface area contributed by atoms with Crippen LogP contribution in [0.15, 0.2) is 42.5 Å². The summed E-state index contributed by atoms with van der Waals surface area (Å²) in [6.07, 6.45) is 1.86. The lowest BCUT2D eigenvalue weighted by atomic mass is 10.0. The standard InChI is InChI=1S/C16H16F2N2/c17-12-8-9-13(19)16(15(12)18)20-10-4-7-14(20)11-5-2-1-3-6-11/h1-3,5-6,8-9,14H,4,7,10,19H2. The van der Waals surface area contributed by atoms with Crippen molar-refractivity contribution in [2.45, 2.75) is 18.9 Å². The number of benzene rings is 2. The van der Waals surface area contributed by atoms with Crippen LogP contribution in [-0.2, 0) is 0 Å². The maximum atomic E-state index is 14.1. The third kappa shape index (κ3) is 2.11. The molecule has 2 N–H and O–H groups in total. The Balaban J connectivity index is 2.04. The van der Waals surface area contributed by atoms with Crippen molar-refractivity contribution in [1.82, 2.24) is 0 Å². The van der Waals surface area contributed by atoms with Crippen LogP contribution in [0.4, 0.5) is 20.2 Å². The number of nitrogens with two attached hydrogens (primary N) is 1. The van der Waals surface area contributed by atoms with Crippen LogP contribution in [0.5, 0.6) is 0 Å². The maximum absolute atomic E-state index is 14.1. The molecule has 1 saturated heterocycles. The van der Waals surface area contributed by atoms with E-state index in [-0.39, 0.29) is 17.4 Å². The number of halogens is 2. The predicted octanol–water partition coefficient (Wildman–Crippen LogP) is 3.89. The van der Waals surface area contributed by atoms with E-state index in [1.807, 2.05) is 35.2 Å². The summed E-state index contributed by atoms with van der Waals surface area (Å²) in [5.74, 6) is -1.71. The summed E-state index contributed by atoms with van der Waals surface area (Å²) in [7, 11) is 0. The van der Waals surface area contributed by atoms with Gasteiger partial charge in [0.1, 0.15) is 0 Å². The second-order valence-corrected chi connectivity index (χ2v) is 5.06. The molecule has 0 amide bonds. The monoisotopic (exact) mass is 274 g/mol. The highest BCUT2D eigenvalue weighted by Crippen LogP contribution is 2.40. The Morgan fingerprint density at radius 1 is 1.05 bits per heavy atom. The van der Waals surface area contributed by atoms with Gasteiger partial charge in [0.05, 0.1) is 17.4 Å². The lowest BCUT2D eigenvalue weighted by Crippen LogP contribution is -2.25. The molecule has 2 aromatic rings. The van der Waals surface area contributed by atoms with E-state index in [1.54, 1.807) is 0 Å². The molecule has 1 heterocycles. The van der Waals surface area contributed by atoms with Crippen molar-refractivity contribution >= 4 is 11.4 Å². The van der Waals surface area contributed by atoms with E-state index in [0.717, 1.165) is 24.5 Å². The molecule has 1 atom stereocenters. The Morgan fingerprint density at radius 3 is 2.55 bits per heavy atom. The first-order chi connectivity index (χ1) is 9.68. The summed E-state index contributed by atoms with van der Waals surface area (Å²) in [5, 5.41) is 0. The fourth-order valence-corrected chi connectivity index (χ4v) is 2.90. The number of anilines is 2. The minimum Gasteiger partial charge on any atom is -0.397 e. The molecule has 1 unspecified atom stereocenters. The van der Waals surface area contributed by atoms with Gasteiger partial charge in [0, 0.05) is 6.54 Å². The van der Waals surface area contributed by atoms with E-state index in [1.165, 1.54) is 6.07 Å². The van der Waals surface area contributed by atoms with Gasteiger partial charge in [-0.3, -0.25) is 0 Å². The first-order valence-corrected chi connectivity index (χ1v) is 6.73. The first kappa shape index (κ1) is 12.9. The van der Waals surface area contributed by atoms with Gasteiger partial charge in [-0.05, 0) is 30.5 Å². The van der Waals surface area contributed by atoms with Gasteiger partial charge in [-0.15, -0.1) is 0 Å². The zero-order valence-electron chi connectivity index (χ0n) is 11.0. The van der Waals surface area contributed by atoms with Gasteiger partial charge in [-0.1, -0.05) is 30.3 Å². The summed E-state index contributed by atoms with van der Waals surface area (Å²) in [5.41, 5.74) is 7.44. The van der Waals surface area contributed by atoms with Gasteiger partial charge < -0.3 is 10.6 Å². The summed E-state index contributed by atoms with van der Waals surface area (Å²) in [6.45, 7) is 0.685. The van der Waals surface area contributed by atoms with Crippen molar-refractivity contribution in [3.63, 3.8) is 0 Å². The van der Waals surface area contributed by atoms with Crippen LogP contribution < -0.4 is 10.6 Å². The molecular weight excluding hydrogens is 258 g/mol. The van der Waals surface area contributed by atoms with Gasteiger partial charge in [0.2, 0.25) is 0 Å². The highest BCUT2D eigenvalue weighted by Gasteiger charge is 2.30. The van der Waals surface area contributed by atoms with Crippen molar-refractivity contribution in [3.8, 4) is 0 Å². The maximum Gasteiger partial charge on any atom is 0.184 e. The molecule has 0 radical (unpaired) electrons. The Hall–Kier alpha value is -2.10. The molecule has 2 nitrogen and oxygen atoms in total. The van der Waals surface area contributed by atoms with E-state index >= 15 is 0 Å². The zero-order chi connectivity index (χ0) is 14.1. The fourth-order valence-electron chi connectivity index (χ4n) is 2.90. The Labute approximate surface area is 116 Å². The van der Waals surface area contributed by atoms with Crippen molar-refractivity contribution < 1.29 is 8.78 Å². The van der Waals surface area contributed by atoms with Gasteiger partial charge >= 0.3 is 0 Å². The van der Waals surface area contributed by atoms with Crippen LogP contribution in [0, 0.1) is 11.6 Å². The molecule has 0 bridgehead atoms. The summed E-state index contributed by atoms with van der Waals surface area (Å²) < 4.78 is 27.6. The highest BCUT2D eigenvalue weighted by molar-refractivity contribution is 5.69. The van der Waals surface area contributed by atoms with E-state index < -0.39 is 11.6 Å². The van der Waals surface area contributed by atoms with Gasteiger partial charge in [0.15, 0.2) is 11.6 Å². The summed E-state index contributed by atoms with van der Waals surface area (Å²) >= 11 is 0. The quantitative estimate of drug-likeness (QED) is 0.842. The lowest BCUT2D eigenvalue weighted by Gasteiger charge is -2.28. The van der Waals surface area contributed by atoms with E-state index in [2.05, 4.69) is 0 Å². The van der Waals surface area contributed by atoms with Crippen LogP contribution in [-0.4, -0.2) is 6.54 Å². The number of nitrogen functional groups attached to an aromatic ring is 1. The minimum atomic E-state index is -0.854. The molecule has 0 saturated carbocycles. The van der Waals surface area contributed by atoms with E-state index in [0.29, 0.717) is 6.54 Å². The van der Waals surface area contributed by atoms with Crippen molar-refractivity contribution in [3.05, 3.63) is 59.7 Å². The normalized spacial score (nSPS) is 18.5. The number of nitrogens with zero attached hydrogens (tertiary/aromatic N) is 1. The average Bonchev–Trinajstić information content (AvgIpc) is 2.94. The minimum absolute atomic E-state index is 0.0507. The topological polar surface area (TPSA) is 29.3 Å². The third-order valence-electron chi connectivity index (χ3n) is 3.82. The number of hydrogen-bond donors (Lipinski definition) is 1. The van der Waals surface area contributed by atoms with Gasteiger partial charge in [-0.2, -0.15) is 0 Å². The molecule has 0 aromatic heterocycles. The van der Waals surface area contributed by atoms with Crippen LogP contribution >= 0.6 is 0 Å². The second-order valence-electron chi connectivity index (χ2n) is 5.06. The molecule has 1 aliphatic rings. The Bertz CT molecular complexity index is 613. The van der Waals surface area contributed by atoms with Crippen molar-refractivity contribution in [2.75, 3.05) is 17.2 Å². The van der Waals surface area contributed by atoms with Gasteiger partial charge in [0.25, 0.3) is 0 Å². The molecule has 2 aromatic carbocycles. The SMILES string of the molecule is Nc1ccc(F)c(F)c1N1CCCC1c1ccccc1. The van der Waals surface area contributed by atoms with Crippen molar-refractivity contribution in [1.29, 1.82) is 0 Å². The Kier molecular flexibility index (Phi) is 3.30. The molecular formula is C16H16F2N2. The molecule has 20 heavy (non-hydrogen) atoms.